The van der Waals surface area contributed by atoms with Crippen molar-refractivity contribution in [2.24, 2.45) is 5.92 Å². The van der Waals surface area contributed by atoms with E-state index in [1.165, 1.54) is 0 Å². The van der Waals surface area contributed by atoms with E-state index in [-0.39, 0.29) is 24.3 Å². The average Bonchev–Trinajstić information content (AvgIpc) is 2.80. The third-order valence-electron chi connectivity index (χ3n) is 3.06. The Morgan fingerprint density at radius 3 is 2.50 bits per heavy atom. The van der Waals surface area contributed by atoms with E-state index in [1.54, 1.807) is 24.1 Å². The van der Waals surface area contributed by atoms with Gasteiger partial charge in [0.1, 0.15) is 0 Å². The number of amides is 2. The Balaban J connectivity index is 2.44. The minimum absolute atomic E-state index is 0.0317. The predicted molar refractivity (Wildman–Crippen MR) is 80.4 cm³/mol. The summed E-state index contributed by atoms with van der Waals surface area (Å²) in [6.07, 6.45) is 0.932. The highest BCUT2D eigenvalue weighted by atomic mass is 79.9. The normalized spacial score (nSPS) is 12.3. The maximum Gasteiger partial charge on any atom is 0.287 e. The highest BCUT2D eigenvalue weighted by Crippen LogP contribution is 2.13. The van der Waals surface area contributed by atoms with E-state index in [9.17, 15) is 9.59 Å². The zero-order chi connectivity index (χ0) is 15.3. The largest absolute Gasteiger partial charge is 0.444 e. The summed E-state index contributed by atoms with van der Waals surface area (Å²) in [7, 11) is 1.75. The zero-order valence-corrected chi connectivity index (χ0v) is 13.9. The molecule has 1 heterocycles. The molecule has 0 aliphatic heterocycles. The molecule has 112 valence electrons. The van der Waals surface area contributed by atoms with E-state index in [1.807, 2.05) is 6.92 Å². The number of likely N-dealkylation sites (N-methyl/N-ethyl adjacent to an activating group) is 1. The molecule has 0 saturated heterocycles. The Bertz CT molecular complexity index is 471. The molecule has 1 aromatic heterocycles. The van der Waals surface area contributed by atoms with Crippen LogP contribution < -0.4 is 5.32 Å². The van der Waals surface area contributed by atoms with Gasteiger partial charge in [-0.15, -0.1) is 0 Å². The number of halogens is 1. The Hall–Kier alpha value is -1.30. The van der Waals surface area contributed by atoms with Crippen molar-refractivity contribution in [2.45, 2.75) is 33.2 Å². The van der Waals surface area contributed by atoms with Crippen LogP contribution in [0.1, 0.15) is 37.7 Å². The average molecular weight is 345 g/mol. The Morgan fingerprint density at radius 2 is 2.00 bits per heavy atom. The number of hydrogen-bond donors (Lipinski definition) is 1. The van der Waals surface area contributed by atoms with E-state index in [4.69, 9.17) is 4.42 Å². The fraction of sp³-hybridized carbons (Fsp3) is 0.571. The molecule has 1 unspecified atom stereocenters. The van der Waals surface area contributed by atoms with Crippen molar-refractivity contribution in [1.29, 1.82) is 0 Å². The van der Waals surface area contributed by atoms with Gasteiger partial charge in [0.2, 0.25) is 5.91 Å². The molecule has 5 nitrogen and oxygen atoms in total. The van der Waals surface area contributed by atoms with Crippen LogP contribution >= 0.6 is 15.9 Å². The molecule has 0 fully saturated rings. The topological polar surface area (TPSA) is 62.6 Å². The molecule has 20 heavy (non-hydrogen) atoms. The van der Waals surface area contributed by atoms with Gasteiger partial charge in [0, 0.05) is 13.1 Å². The van der Waals surface area contributed by atoms with Gasteiger partial charge in [-0.1, -0.05) is 13.8 Å². The number of carbonyl (C=O) groups excluding carboxylic acids is 2. The predicted octanol–water partition coefficient (Wildman–Crippen LogP) is 2.66. The lowest BCUT2D eigenvalue weighted by Gasteiger charge is -2.26. The van der Waals surface area contributed by atoms with Gasteiger partial charge in [-0.2, -0.15) is 0 Å². The van der Waals surface area contributed by atoms with Crippen molar-refractivity contribution in [3.05, 3.63) is 22.6 Å². The molecule has 6 heteroatoms. The second-order valence-corrected chi connectivity index (χ2v) is 6.05. The number of nitrogens with one attached hydrogen (secondary N) is 1. The van der Waals surface area contributed by atoms with Gasteiger partial charge in [0.05, 0.1) is 6.54 Å². The summed E-state index contributed by atoms with van der Waals surface area (Å²) in [6, 6.07) is 3.33. The van der Waals surface area contributed by atoms with E-state index >= 15 is 0 Å². The van der Waals surface area contributed by atoms with Gasteiger partial charge in [-0.3, -0.25) is 9.59 Å². The summed E-state index contributed by atoms with van der Waals surface area (Å²) in [4.78, 5) is 25.4. The fourth-order valence-corrected chi connectivity index (χ4v) is 2.20. The lowest BCUT2D eigenvalue weighted by atomic mass is 10.0. The third kappa shape index (κ3) is 5.00. The molecular weight excluding hydrogens is 324 g/mol. The summed E-state index contributed by atoms with van der Waals surface area (Å²) in [5.41, 5.74) is 0. The summed E-state index contributed by atoms with van der Waals surface area (Å²) in [6.45, 7) is 6.20. The first-order valence-electron chi connectivity index (χ1n) is 6.60. The highest BCUT2D eigenvalue weighted by molar-refractivity contribution is 9.10. The smallest absolute Gasteiger partial charge is 0.287 e. The van der Waals surface area contributed by atoms with Crippen LogP contribution in [0.3, 0.4) is 0 Å². The summed E-state index contributed by atoms with van der Waals surface area (Å²) in [5.74, 6) is 0.198. The van der Waals surface area contributed by atoms with Crippen molar-refractivity contribution >= 4 is 27.7 Å². The van der Waals surface area contributed by atoms with Crippen LogP contribution in [0.5, 0.6) is 0 Å². The molecule has 0 spiro atoms. The molecule has 0 saturated carbocycles. The van der Waals surface area contributed by atoms with Gasteiger partial charge >= 0.3 is 0 Å². The van der Waals surface area contributed by atoms with Crippen molar-refractivity contribution < 1.29 is 14.0 Å². The Morgan fingerprint density at radius 1 is 1.35 bits per heavy atom. The molecule has 0 radical (unpaired) electrons. The molecule has 1 atom stereocenters. The molecule has 1 aromatic rings. The minimum Gasteiger partial charge on any atom is -0.444 e. The van der Waals surface area contributed by atoms with Crippen LogP contribution in [-0.2, 0) is 4.79 Å². The maximum absolute atomic E-state index is 12.0. The number of nitrogens with zero attached hydrogens (tertiary/aromatic N) is 1. The van der Waals surface area contributed by atoms with Gasteiger partial charge in [0.15, 0.2) is 10.4 Å². The highest BCUT2D eigenvalue weighted by Gasteiger charge is 2.18. The van der Waals surface area contributed by atoms with Crippen molar-refractivity contribution in [2.75, 3.05) is 13.6 Å². The zero-order valence-electron chi connectivity index (χ0n) is 12.3. The number of furan rings is 1. The van der Waals surface area contributed by atoms with E-state index in [2.05, 4.69) is 35.1 Å². The number of hydrogen-bond acceptors (Lipinski definition) is 3. The Kier molecular flexibility index (Phi) is 6.26. The summed E-state index contributed by atoms with van der Waals surface area (Å²) < 4.78 is 5.60. The van der Waals surface area contributed by atoms with Crippen LogP contribution in [0.15, 0.2) is 21.2 Å². The van der Waals surface area contributed by atoms with Crippen LogP contribution in [0.25, 0.3) is 0 Å². The molecule has 0 aromatic carbocycles. The van der Waals surface area contributed by atoms with Gasteiger partial charge in [-0.25, -0.2) is 0 Å². The Labute approximate surface area is 127 Å². The van der Waals surface area contributed by atoms with E-state index in [0.717, 1.165) is 6.42 Å². The maximum atomic E-state index is 12.0. The second-order valence-electron chi connectivity index (χ2n) is 5.27. The van der Waals surface area contributed by atoms with Crippen molar-refractivity contribution in [3.63, 3.8) is 0 Å². The van der Waals surface area contributed by atoms with Crippen LogP contribution in [-0.4, -0.2) is 36.3 Å². The van der Waals surface area contributed by atoms with Crippen molar-refractivity contribution in [3.8, 4) is 0 Å². The lowest BCUT2D eigenvalue weighted by molar-refractivity contribution is -0.130. The molecule has 0 aliphatic carbocycles. The molecule has 1 N–H and O–H groups in total. The fourth-order valence-electron chi connectivity index (χ4n) is 1.89. The molecule has 2 amide bonds. The minimum atomic E-state index is -0.394. The van der Waals surface area contributed by atoms with E-state index < -0.39 is 5.91 Å². The molecule has 0 bridgehead atoms. The van der Waals surface area contributed by atoms with Crippen LogP contribution in [0, 0.1) is 5.92 Å². The summed E-state index contributed by atoms with van der Waals surface area (Å²) >= 11 is 3.12. The van der Waals surface area contributed by atoms with Crippen molar-refractivity contribution in [1.82, 2.24) is 10.2 Å². The first-order valence-corrected chi connectivity index (χ1v) is 7.39. The van der Waals surface area contributed by atoms with Crippen LogP contribution in [0.2, 0.25) is 0 Å². The molecular formula is C14H21BrN2O3. The first-order chi connectivity index (χ1) is 9.31. The SMILES string of the molecule is CC(C)CC(C)N(C)C(=O)CNC(=O)c1ccc(Br)o1. The van der Waals surface area contributed by atoms with Gasteiger partial charge in [-0.05, 0) is 47.3 Å². The number of carbonyl (C=O) groups is 2. The van der Waals surface area contributed by atoms with E-state index in [0.29, 0.717) is 10.6 Å². The van der Waals surface area contributed by atoms with Gasteiger partial charge in [0.25, 0.3) is 5.91 Å². The quantitative estimate of drug-likeness (QED) is 0.862. The second kappa shape index (κ2) is 7.47. The lowest BCUT2D eigenvalue weighted by Crippen LogP contribution is -2.42. The summed E-state index contributed by atoms with van der Waals surface area (Å²) in [5, 5.41) is 2.56. The molecule has 0 aliphatic rings. The molecule has 1 rings (SSSR count). The monoisotopic (exact) mass is 344 g/mol. The van der Waals surface area contributed by atoms with Gasteiger partial charge < -0.3 is 14.6 Å². The third-order valence-corrected chi connectivity index (χ3v) is 3.49. The van der Waals surface area contributed by atoms with Crippen LogP contribution in [0.4, 0.5) is 0 Å². The number of rotatable bonds is 6. The first kappa shape index (κ1) is 16.8. The standard InChI is InChI=1S/C14H21BrN2O3/c1-9(2)7-10(3)17(4)13(18)8-16-14(19)11-5-6-12(15)20-11/h5-6,9-10H,7-8H2,1-4H3,(H,16,19).